The lowest BCUT2D eigenvalue weighted by molar-refractivity contribution is -0.137. The first kappa shape index (κ1) is 13.0. The second-order valence-corrected chi connectivity index (χ2v) is 4.80. The fourth-order valence-corrected chi connectivity index (χ4v) is 2.06. The van der Waals surface area contributed by atoms with Crippen molar-refractivity contribution in [3.63, 3.8) is 0 Å². The molecule has 1 amide bonds. The Balaban J connectivity index is 2.22. The Bertz CT molecular complexity index is 280. The van der Waals surface area contributed by atoms with Gasteiger partial charge in [0.25, 0.3) is 0 Å². The Kier molecular flexibility index (Phi) is 4.29. The number of aliphatic carboxylic acids is 1. The average molecular weight is 228 g/mol. The van der Waals surface area contributed by atoms with Crippen LogP contribution in [0.4, 0.5) is 0 Å². The van der Waals surface area contributed by atoms with Crippen molar-refractivity contribution in [2.45, 2.75) is 32.6 Å². The molecular formula is C11H20N2O3. The highest BCUT2D eigenvalue weighted by molar-refractivity contribution is 5.81. The van der Waals surface area contributed by atoms with E-state index in [9.17, 15) is 9.59 Å². The fourth-order valence-electron chi connectivity index (χ4n) is 2.06. The summed E-state index contributed by atoms with van der Waals surface area (Å²) in [4.78, 5) is 23.7. The second-order valence-electron chi connectivity index (χ2n) is 4.80. The van der Waals surface area contributed by atoms with Gasteiger partial charge in [-0.25, -0.2) is 0 Å². The van der Waals surface area contributed by atoms with Crippen LogP contribution in [0.25, 0.3) is 0 Å². The summed E-state index contributed by atoms with van der Waals surface area (Å²) >= 11 is 0. The topological polar surface area (TPSA) is 83.6 Å². The van der Waals surface area contributed by atoms with Crippen LogP contribution in [0.2, 0.25) is 0 Å². The number of amides is 1. The van der Waals surface area contributed by atoms with Gasteiger partial charge in [-0.3, -0.25) is 9.59 Å². The van der Waals surface area contributed by atoms with E-state index in [1.165, 1.54) is 0 Å². The monoisotopic (exact) mass is 228 g/mol. The summed E-state index contributed by atoms with van der Waals surface area (Å²) in [7, 11) is 0. The standard InChI is InChI=1S/C11H20N2O3/c1-11(10(12)16)5-7-13(8-11)6-3-2-4-9(14)15/h2-8H2,1H3,(H2,12,16)(H,14,15). The molecule has 5 nitrogen and oxygen atoms in total. The number of rotatable bonds is 6. The Morgan fingerprint density at radius 2 is 2.12 bits per heavy atom. The first-order valence-corrected chi connectivity index (χ1v) is 5.68. The second kappa shape index (κ2) is 5.30. The third-order valence-corrected chi connectivity index (χ3v) is 3.26. The molecule has 0 aromatic rings. The molecule has 1 fully saturated rings. The van der Waals surface area contributed by atoms with Crippen molar-refractivity contribution in [3.8, 4) is 0 Å². The zero-order chi connectivity index (χ0) is 12.2. The summed E-state index contributed by atoms with van der Waals surface area (Å²) in [5.74, 6) is -0.982. The molecule has 1 aliphatic rings. The van der Waals surface area contributed by atoms with Gasteiger partial charge in [0.15, 0.2) is 0 Å². The zero-order valence-corrected chi connectivity index (χ0v) is 9.74. The highest BCUT2D eigenvalue weighted by Crippen LogP contribution is 2.29. The number of carbonyl (C=O) groups excluding carboxylic acids is 1. The van der Waals surface area contributed by atoms with E-state index in [1.807, 2.05) is 6.92 Å². The SMILES string of the molecule is CC1(C(N)=O)CCN(CCCCC(=O)O)C1. The molecule has 5 heteroatoms. The van der Waals surface area contributed by atoms with Crippen LogP contribution in [0.5, 0.6) is 0 Å². The van der Waals surface area contributed by atoms with Gasteiger partial charge in [-0.2, -0.15) is 0 Å². The van der Waals surface area contributed by atoms with Gasteiger partial charge in [0.05, 0.1) is 5.41 Å². The minimum Gasteiger partial charge on any atom is -0.481 e. The molecule has 1 rings (SSSR count). The normalized spacial score (nSPS) is 25.8. The predicted octanol–water partition coefficient (Wildman–Crippen LogP) is 0.439. The van der Waals surface area contributed by atoms with E-state index in [0.29, 0.717) is 13.0 Å². The van der Waals surface area contributed by atoms with Crippen LogP contribution < -0.4 is 5.73 Å². The third-order valence-electron chi connectivity index (χ3n) is 3.26. The van der Waals surface area contributed by atoms with Crippen molar-refractivity contribution in [1.29, 1.82) is 0 Å². The van der Waals surface area contributed by atoms with Crippen LogP contribution in [0, 0.1) is 5.41 Å². The summed E-state index contributed by atoms with van der Waals surface area (Å²) in [6, 6.07) is 0. The molecule has 0 bridgehead atoms. The molecule has 1 unspecified atom stereocenters. The van der Waals surface area contributed by atoms with Crippen LogP contribution in [0.3, 0.4) is 0 Å². The number of likely N-dealkylation sites (tertiary alicyclic amines) is 1. The van der Waals surface area contributed by atoms with Gasteiger partial charge in [0, 0.05) is 13.0 Å². The first-order chi connectivity index (χ1) is 7.44. The van der Waals surface area contributed by atoms with Gasteiger partial charge in [0.1, 0.15) is 0 Å². The van der Waals surface area contributed by atoms with E-state index >= 15 is 0 Å². The lowest BCUT2D eigenvalue weighted by Gasteiger charge is -2.20. The predicted molar refractivity (Wildman–Crippen MR) is 59.8 cm³/mol. The molecular weight excluding hydrogens is 208 g/mol. The number of primary amides is 1. The van der Waals surface area contributed by atoms with E-state index in [4.69, 9.17) is 10.8 Å². The summed E-state index contributed by atoms with van der Waals surface area (Å²) in [6.45, 7) is 4.34. The molecule has 1 heterocycles. The minimum absolute atomic E-state index is 0.223. The maximum Gasteiger partial charge on any atom is 0.303 e. The molecule has 92 valence electrons. The van der Waals surface area contributed by atoms with Crippen LogP contribution in [-0.2, 0) is 9.59 Å². The van der Waals surface area contributed by atoms with Crippen LogP contribution in [-0.4, -0.2) is 41.5 Å². The van der Waals surface area contributed by atoms with Crippen molar-refractivity contribution in [2.24, 2.45) is 11.1 Å². The van der Waals surface area contributed by atoms with Crippen LogP contribution in [0.15, 0.2) is 0 Å². The van der Waals surface area contributed by atoms with Gasteiger partial charge >= 0.3 is 5.97 Å². The number of unbranched alkanes of at least 4 members (excludes halogenated alkanes) is 1. The molecule has 16 heavy (non-hydrogen) atoms. The van der Waals surface area contributed by atoms with Crippen molar-refractivity contribution in [3.05, 3.63) is 0 Å². The molecule has 1 saturated heterocycles. The summed E-state index contributed by atoms with van der Waals surface area (Å²) < 4.78 is 0. The number of carboxylic acid groups (broad SMARTS) is 1. The maximum atomic E-state index is 11.2. The molecule has 3 N–H and O–H groups in total. The van der Waals surface area contributed by atoms with Crippen molar-refractivity contribution in [2.75, 3.05) is 19.6 Å². The van der Waals surface area contributed by atoms with E-state index in [1.54, 1.807) is 0 Å². The lowest BCUT2D eigenvalue weighted by atomic mass is 9.89. The molecule has 0 saturated carbocycles. The van der Waals surface area contributed by atoms with E-state index in [0.717, 1.165) is 25.9 Å². The molecule has 0 aliphatic carbocycles. The van der Waals surface area contributed by atoms with Gasteiger partial charge in [-0.15, -0.1) is 0 Å². The highest BCUT2D eigenvalue weighted by atomic mass is 16.4. The van der Waals surface area contributed by atoms with Crippen LogP contribution >= 0.6 is 0 Å². The zero-order valence-electron chi connectivity index (χ0n) is 9.74. The molecule has 0 aromatic heterocycles. The number of nitrogens with two attached hydrogens (primary N) is 1. The minimum atomic E-state index is -0.747. The fraction of sp³-hybridized carbons (Fsp3) is 0.818. The van der Waals surface area contributed by atoms with Gasteiger partial charge in [-0.05, 0) is 39.3 Å². The van der Waals surface area contributed by atoms with Crippen LogP contribution in [0.1, 0.15) is 32.6 Å². The smallest absolute Gasteiger partial charge is 0.303 e. The molecule has 1 aliphatic heterocycles. The van der Waals surface area contributed by atoms with Crippen molar-refractivity contribution >= 4 is 11.9 Å². The van der Waals surface area contributed by atoms with Crippen molar-refractivity contribution in [1.82, 2.24) is 4.90 Å². The quantitative estimate of drug-likeness (QED) is 0.646. The summed E-state index contributed by atoms with van der Waals surface area (Å²) in [5, 5.41) is 8.49. The Morgan fingerprint density at radius 1 is 1.44 bits per heavy atom. The number of hydrogen-bond acceptors (Lipinski definition) is 3. The molecule has 0 radical (unpaired) electrons. The number of carbonyl (C=O) groups is 2. The average Bonchev–Trinajstić information content (AvgIpc) is 2.56. The summed E-state index contributed by atoms with van der Waals surface area (Å²) in [5.41, 5.74) is 4.95. The largest absolute Gasteiger partial charge is 0.481 e. The molecule has 0 spiro atoms. The van der Waals surface area contributed by atoms with E-state index < -0.39 is 11.4 Å². The molecule has 0 aromatic carbocycles. The first-order valence-electron chi connectivity index (χ1n) is 5.68. The number of hydrogen-bond donors (Lipinski definition) is 2. The molecule has 1 atom stereocenters. The third kappa shape index (κ3) is 3.48. The van der Waals surface area contributed by atoms with E-state index in [-0.39, 0.29) is 12.3 Å². The van der Waals surface area contributed by atoms with Gasteiger partial charge in [0.2, 0.25) is 5.91 Å². The van der Waals surface area contributed by atoms with Crippen molar-refractivity contribution < 1.29 is 14.7 Å². The highest BCUT2D eigenvalue weighted by Gasteiger charge is 2.38. The van der Waals surface area contributed by atoms with Gasteiger partial charge < -0.3 is 15.7 Å². The van der Waals surface area contributed by atoms with Gasteiger partial charge in [-0.1, -0.05) is 0 Å². The Hall–Kier alpha value is -1.10. The Morgan fingerprint density at radius 3 is 2.62 bits per heavy atom. The Labute approximate surface area is 95.6 Å². The summed E-state index contributed by atoms with van der Waals surface area (Å²) in [6.07, 6.45) is 2.59. The number of nitrogens with zero attached hydrogens (tertiary/aromatic N) is 1. The maximum absolute atomic E-state index is 11.2. The van der Waals surface area contributed by atoms with E-state index in [2.05, 4.69) is 4.90 Å². The lowest BCUT2D eigenvalue weighted by Crippen LogP contribution is -2.37. The number of carboxylic acids is 1.